The molecule has 0 bridgehead atoms. The monoisotopic (exact) mass is 270 g/mol. The SMILES string of the molecule is CCc1cc(C(=O)NC2CCSC2)cc(Cl)n1. The topological polar surface area (TPSA) is 42.0 Å². The second kappa shape index (κ2) is 5.74. The highest BCUT2D eigenvalue weighted by Gasteiger charge is 2.18. The molecule has 92 valence electrons. The Bertz CT molecular complexity index is 419. The predicted octanol–water partition coefficient (Wildman–Crippen LogP) is 2.53. The molecule has 1 aliphatic rings. The van der Waals surface area contributed by atoms with Gasteiger partial charge in [-0.2, -0.15) is 11.8 Å². The van der Waals surface area contributed by atoms with E-state index < -0.39 is 0 Å². The Morgan fingerprint density at radius 3 is 3.12 bits per heavy atom. The molecule has 2 heterocycles. The van der Waals surface area contributed by atoms with E-state index >= 15 is 0 Å². The highest BCUT2D eigenvalue weighted by Crippen LogP contribution is 2.18. The zero-order valence-corrected chi connectivity index (χ0v) is 11.3. The van der Waals surface area contributed by atoms with Crippen molar-refractivity contribution >= 4 is 29.3 Å². The number of halogens is 1. The van der Waals surface area contributed by atoms with E-state index in [4.69, 9.17) is 11.6 Å². The Morgan fingerprint density at radius 2 is 2.47 bits per heavy atom. The molecular formula is C12H15ClN2OS. The van der Waals surface area contributed by atoms with Crippen LogP contribution in [0.5, 0.6) is 0 Å². The number of hydrogen-bond acceptors (Lipinski definition) is 3. The van der Waals surface area contributed by atoms with E-state index in [1.165, 1.54) is 0 Å². The van der Waals surface area contributed by atoms with Crippen LogP contribution in [0.2, 0.25) is 5.15 Å². The van der Waals surface area contributed by atoms with Crippen molar-refractivity contribution in [1.29, 1.82) is 0 Å². The minimum absolute atomic E-state index is 0.0449. The summed E-state index contributed by atoms with van der Waals surface area (Å²) in [6.45, 7) is 1.99. The summed E-state index contributed by atoms with van der Waals surface area (Å²) in [5.41, 5.74) is 1.46. The first-order valence-electron chi connectivity index (χ1n) is 5.74. The van der Waals surface area contributed by atoms with Crippen LogP contribution >= 0.6 is 23.4 Å². The molecule has 1 aromatic rings. The van der Waals surface area contributed by atoms with Gasteiger partial charge < -0.3 is 5.32 Å². The summed E-state index contributed by atoms with van der Waals surface area (Å²) < 4.78 is 0. The smallest absolute Gasteiger partial charge is 0.251 e. The number of amides is 1. The molecule has 1 fully saturated rings. The first-order chi connectivity index (χ1) is 8.19. The van der Waals surface area contributed by atoms with Gasteiger partial charge in [-0.3, -0.25) is 4.79 Å². The first-order valence-corrected chi connectivity index (χ1v) is 7.27. The predicted molar refractivity (Wildman–Crippen MR) is 71.8 cm³/mol. The fourth-order valence-corrected chi connectivity index (χ4v) is 3.16. The summed E-state index contributed by atoms with van der Waals surface area (Å²) in [7, 11) is 0. The molecule has 0 spiro atoms. The van der Waals surface area contributed by atoms with Gasteiger partial charge in [0, 0.05) is 23.1 Å². The number of nitrogens with one attached hydrogen (secondary N) is 1. The number of thioether (sulfide) groups is 1. The van der Waals surface area contributed by atoms with E-state index in [1.807, 2.05) is 24.8 Å². The van der Waals surface area contributed by atoms with Crippen LogP contribution in [0.4, 0.5) is 0 Å². The largest absolute Gasteiger partial charge is 0.348 e. The van der Waals surface area contributed by atoms with Crippen molar-refractivity contribution < 1.29 is 4.79 Å². The Morgan fingerprint density at radius 1 is 1.65 bits per heavy atom. The maximum atomic E-state index is 12.0. The van der Waals surface area contributed by atoms with Crippen LogP contribution in [0.1, 0.15) is 29.4 Å². The van der Waals surface area contributed by atoms with Gasteiger partial charge in [-0.05, 0) is 30.7 Å². The minimum Gasteiger partial charge on any atom is -0.348 e. The molecule has 1 N–H and O–H groups in total. The van der Waals surface area contributed by atoms with Crippen LogP contribution in [-0.4, -0.2) is 28.4 Å². The molecule has 1 saturated heterocycles. The molecule has 1 aromatic heterocycles. The molecule has 5 heteroatoms. The van der Waals surface area contributed by atoms with Crippen LogP contribution in [0.15, 0.2) is 12.1 Å². The van der Waals surface area contributed by atoms with E-state index in [2.05, 4.69) is 10.3 Å². The average Bonchev–Trinajstić information content (AvgIpc) is 2.81. The molecule has 0 aromatic carbocycles. The summed E-state index contributed by atoms with van der Waals surface area (Å²) in [6.07, 6.45) is 1.83. The van der Waals surface area contributed by atoms with Gasteiger partial charge in [0.15, 0.2) is 0 Å². The Labute approximate surface area is 110 Å². The van der Waals surface area contributed by atoms with Gasteiger partial charge in [-0.1, -0.05) is 18.5 Å². The van der Waals surface area contributed by atoms with Gasteiger partial charge in [0.25, 0.3) is 5.91 Å². The number of carbonyl (C=O) groups is 1. The van der Waals surface area contributed by atoms with Crippen LogP contribution in [0.3, 0.4) is 0 Å². The third-order valence-corrected chi connectivity index (χ3v) is 4.09. The molecular weight excluding hydrogens is 256 g/mol. The zero-order valence-electron chi connectivity index (χ0n) is 9.70. The highest BCUT2D eigenvalue weighted by atomic mass is 35.5. The quantitative estimate of drug-likeness (QED) is 0.859. The van der Waals surface area contributed by atoms with Gasteiger partial charge in [-0.15, -0.1) is 0 Å². The van der Waals surface area contributed by atoms with E-state index in [0.717, 1.165) is 30.0 Å². The molecule has 1 unspecified atom stereocenters. The Kier molecular flexibility index (Phi) is 4.29. The van der Waals surface area contributed by atoms with E-state index in [9.17, 15) is 4.79 Å². The molecule has 1 amide bonds. The number of nitrogens with zero attached hydrogens (tertiary/aromatic N) is 1. The first kappa shape index (κ1) is 12.7. The van der Waals surface area contributed by atoms with Gasteiger partial charge in [0.05, 0.1) is 0 Å². The summed E-state index contributed by atoms with van der Waals surface area (Å²) in [4.78, 5) is 16.2. The lowest BCUT2D eigenvalue weighted by atomic mass is 10.1. The lowest BCUT2D eigenvalue weighted by molar-refractivity contribution is 0.0941. The van der Waals surface area contributed by atoms with E-state index in [-0.39, 0.29) is 5.91 Å². The molecule has 1 aliphatic heterocycles. The second-order valence-electron chi connectivity index (χ2n) is 4.06. The van der Waals surface area contributed by atoms with Crippen LogP contribution in [-0.2, 0) is 6.42 Å². The summed E-state index contributed by atoms with van der Waals surface area (Å²) in [5, 5.41) is 3.41. The fraction of sp³-hybridized carbons (Fsp3) is 0.500. The lowest BCUT2D eigenvalue weighted by Crippen LogP contribution is -2.34. The maximum absolute atomic E-state index is 12.0. The van der Waals surface area contributed by atoms with Gasteiger partial charge in [-0.25, -0.2) is 4.98 Å². The second-order valence-corrected chi connectivity index (χ2v) is 5.59. The molecule has 2 rings (SSSR count). The van der Waals surface area contributed by atoms with Crippen molar-refractivity contribution in [1.82, 2.24) is 10.3 Å². The number of hydrogen-bond donors (Lipinski definition) is 1. The van der Waals surface area contributed by atoms with Crippen molar-refractivity contribution in [3.05, 3.63) is 28.5 Å². The molecule has 17 heavy (non-hydrogen) atoms. The summed E-state index contributed by atoms with van der Waals surface area (Å²) in [5.74, 6) is 2.09. The number of pyridine rings is 1. The number of carbonyl (C=O) groups excluding carboxylic acids is 1. The van der Waals surface area contributed by atoms with E-state index in [0.29, 0.717) is 16.8 Å². The maximum Gasteiger partial charge on any atom is 0.251 e. The molecule has 3 nitrogen and oxygen atoms in total. The van der Waals surface area contributed by atoms with Gasteiger partial charge in [0.2, 0.25) is 0 Å². The fourth-order valence-electron chi connectivity index (χ4n) is 1.78. The van der Waals surface area contributed by atoms with Crippen LogP contribution in [0.25, 0.3) is 0 Å². The van der Waals surface area contributed by atoms with Gasteiger partial charge in [0.1, 0.15) is 5.15 Å². The van der Waals surface area contributed by atoms with Crippen LogP contribution in [0, 0.1) is 0 Å². The summed E-state index contributed by atoms with van der Waals surface area (Å²) in [6, 6.07) is 3.73. The van der Waals surface area contributed by atoms with Crippen molar-refractivity contribution in [3.63, 3.8) is 0 Å². The highest BCUT2D eigenvalue weighted by molar-refractivity contribution is 7.99. The van der Waals surface area contributed by atoms with E-state index in [1.54, 1.807) is 6.07 Å². The lowest BCUT2D eigenvalue weighted by Gasteiger charge is -2.11. The number of rotatable bonds is 3. The minimum atomic E-state index is -0.0449. The molecule has 1 atom stereocenters. The molecule has 0 aliphatic carbocycles. The third kappa shape index (κ3) is 3.36. The average molecular weight is 271 g/mol. The standard InChI is InChI=1S/C12H15ClN2OS/c1-2-9-5-8(6-11(13)14-9)12(16)15-10-3-4-17-7-10/h5-6,10H,2-4,7H2,1H3,(H,15,16). The molecule has 0 saturated carbocycles. The Balaban J connectivity index is 2.09. The zero-order chi connectivity index (χ0) is 12.3. The third-order valence-electron chi connectivity index (χ3n) is 2.74. The van der Waals surface area contributed by atoms with Crippen molar-refractivity contribution in [2.75, 3.05) is 11.5 Å². The van der Waals surface area contributed by atoms with Crippen molar-refractivity contribution in [2.45, 2.75) is 25.8 Å². The number of aromatic nitrogens is 1. The summed E-state index contributed by atoms with van der Waals surface area (Å²) >= 11 is 7.77. The van der Waals surface area contributed by atoms with Crippen LogP contribution < -0.4 is 5.32 Å². The number of aryl methyl sites for hydroxylation is 1. The normalized spacial score (nSPS) is 19.3. The molecule has 0 radical (unpaired) electrons. The van der Waals surface area contributed by atoms with Gasteiger partial charge >= 0.3 is 0 Å². The Hall–Kier alpha value is -0.740. The van der Waals surface area contributed by atoms with Crippen molar-refractivity contribution in [2.24, 2.45) is 0 Å². The van der Waals surface area contributed by atoms with Crippen molar-refractivity contribution in [3.8, 4) is 0 Å².